The number of nitrogens with one attached hydrogen (secondary N) is 1. The Morgan fingerprint density at radius 3 is 3.05 bits per heavy atom. The number of benzene rings is 1. The van der Waals surface area contributed by atoms with Crippen molar-refractivity contribution < 1.29 is 0 Å². The van der Waals surface area contributed by atoms with Crippen LogP contribution in [0.2, 0.25) is 5.02 Å². The zero-order valence-electron chi connectivity index (χ0n) is 10.6. The van der Waals surface area contributed by atoms with Crippen molar-refractivity contribution in [2.45, 2.75) is 12.3 Å². The maximum atomic E-state index is 11.6. The molecule has 4 nitrogen and oxygen atoms in total. The molecule has 1 unspecified atom stereocenters. The van der Waals surface area contributed by atoms with Gasteiger partial charge in [0.25, 0.3) is 5.56 Å². The van der Waals surface area contributed by atoms with E-state index >= 15 is 0 Å². The molecule has 98 valence electrons. The van der Waals surface area contributed by atoms with Crippen molar-refractivity contribution in [2.75, 3.05) is 11.9 Å². The van der Waals surface area contributed by atoms with E-state index in [0.717, 1.165) is 13.0 Å². The molecule has 1 aliphatic rings. The van der Waals surface area contributed by atoms with E-state index < -0.39 is 0 Å². The van der Waals surface area contributed by atoms with Gasteiger partial charge in [-0.15, -0.1) is 0 Å². The number of nitrogens with zero attached hydrogens (tertiary/aromatic N) is 2. The summed E-state index contributed by atoms with van der Waals surface area (Å²) in [6.07, 6.45) is 2.66. The van der Waals surface area contributed by atoms with E-state index in [2.05, 4.69) is 34.7 Å². The van der Waals surface area contributed by atoms with Crippen LogP contribution in [0.4, 0.5) is 5.69 Å². The fraction of sp³-hybridized carbons (Fsp3) is 0.286. The van der Waals surface area contributed by atoms with Crippen molar-refractivity contribution in [2.24, 2.45) is 7.05 Å². The predicted molar refractivity (Wildman–Crippen MR) is 75.9 cm³/mol. The van der Waals surface area contributed by atoms with Crippen LogP contribution < -0.4 is 10.9 Å². The van der Waals surface area contributed by atoms with Crippen LogP contribution in [0.3, 0.4) is 0 Å². The third kappa shape index (κ3) is 2.12. The van der Waals surface area contributed by atoms with Crippen LogP contribution in [0.5, 0.6) is 0 Å². The molecule has 1 atom stereocenters. The Labute approximate surface area is 116 Å². The van der Waals surface area contributed by atoms with Crippen molar-refractivity contribution in [3.05, 3.63) is 57.0 Å². The molecule has 0 fully saturated rings. The topological polar surface area (TPSA) is 46.9 Å². The summed E-state index contributed by atoms with van der Waals surface area (Å²) < 4.78 is 1.23. The standard InChI is InChI=1S/C14H14ClN3O/c1-18-14(19)13(15)12(8-17-18)16-7-10-6-9-4-2-3-5-11(9)10/h2-5,8,10,16H,6-7H2,1H3. The third-order valence-electron chi connectivity index (χ3n) is 3.58. The molecule has 1 aromatic carbocycles. The Balaban J connectivity index is 1.72. The van der Waals surface area contributed by atoms with Crippen molar-refractivity contribution in [1.82, 2.24) is 9.78 Å². The first-order chi connectivity index (χ1) is 9.16. The summed E-state index contributed by atoms with van der Waals surface area (Å²) in [7, 11) is 1.58. The van der Waals surface area contributed by atoms with Crippen LogP contribution >= 0.6 is 11.6 Å². The highest BCUT2D eigenvalue weighted by molar-refractivity contribution is 6.32. The molecule has 5 heteroatoms. The fourth-order valence-corrected chi connectivity index (χ4v) is 2.65. The van der Waals surface area contributed by atoms with Gasteiger partial charge in [0.2, 0.25) is 0 Å². The van der Waals surface area contributed by atoms with Crippen LogP contribution in [0, 0.1) is 0 Å². The lowest BCUT2D eigenvalue weighted by molar-refractivity contribution is 0.634. The van der Waals surface area contributed by atoms with Gasteiger partial charge in [0, 0.05) is 19.5 Å². The minimum absolute atomic E-state index is 0.199. The molecule has 1 N–H and O–H groups in total. The van der Waals surface area contributed by atoms with Crippen LogP contribution in [0.25, 0.3) is 0 Å². The molecule has 0 saturated carbocycles. The Morgan fingerprint density at radius 1 is 1.47 bits per heavy atom. The summed E-state index contributed by atoms with van der Waals surface area (Å²) in [5.41, 5.74) is 3.11. The highest BCUT2D eigenvalue weighted by Gasteiger charge is 2.25. The summed E-state index contributed by atoms with van der Waals surface area (Å²) >= 11 is 6.01. The maximum absolute atomic E-state index is 11.6. The SMILES string of the molecule is Cn1ncc(NCC2Cc3ccccc32)c(Cl)c1=O. The average molecular weight is 276 g/mol. The number of hydrogen-bond donors (Lipinski definition) is 1. The lowest BCUT2D eigenvalue weighted by atomic mass is 9.77. The van der Waals surface area contributed by atoms with E-state index in [0.29, 0.717) is 11.6 Å². The lowest BCUT2D eigenvalue weighted by Crippen LogP contribution is -2.26. The van der Waals surface area contributed by atoms with Crippen LogP contribution in [0.15, 0.2) is 35.3 Å². The van der Waals surface area contributed by atoms with Crippen molar-refractivity contribution in [3.8, 4) is 0 Å². The van der Waals surface area contributed by atoms with Crippen molar-refractivity contribution in [3.63, 3.8) is 0 Å². The second-order valence-electron chi connectivity index (χ2n) is 4.78. The zero-order chi connectivity index (χ0) is 13.4. The van der Waals surface area contributed by atoms with Gasteiger partial charge in [-0.05, 0) is 17.5 Å². The highest BCUT2D eigenvalue weighted by atomic mass is 35.5. The van der Waals surface area contributed by atoms with Crippen LogP contribution in [0.1, 0.15) is 17.0 Å². The minimum Gasteiger partial charge on any atom is -0.382 e. The molecule has 0 saturated heterocycles. The quantitative estimate of drug-likeness (QED) is 0.934. The molecule has 1 heterocycles. The van der Waals surface area contributed by atoms with E-state index in [1.54, 1.807) is 13.2 Å². The van der Waals surface area contributed by atoms with Gasteiger partial charge in [-0.2, -0.15) is 5.10 Å². The monoisotopic (exact) mass is 275 g/mol. The molecule has 0 amide bonds. The Hall–Kier alpha value is -1.81. The molecule has 1 aliphatic carbocycles. The van der Waals surface area contributed by atoms with Crippen LogP contribution in [-0.4, -0.2) is 16.3 Å². The van der Waals surface area contributed by atoms with Gasteiger partial charge >= 0.3 is 0 Å². The average Bonchev–Trinajstić information content (AvgIpc) is 2.39. The van der Waals surface area contributed by atoms with E-state index in [1.165, 1.54) is 15.8 Å². The molecular formula is C14H14ClN3O. The summed E-state index contributed by atoms with van der Waals surface area (Å²) in [4.78, 5) is 11.6. The predicted octanol–water partition coefficient (Wildman–Crippen LogP) is 2.19. The second kappa shape index (κ2) is 4.70. The number of anilines is 1. The molecule has 1 aromatic heterocycles. The van der Waals surface area contributed by atoms with Gasteiger partial charge in [0.05, 0.1) is 11.9 Å². The summed E-state index contributed by atoms with van der Waals surface area (Å²) in [5, 5.41) is 7.38. The largest absolute Gasteiger partial charge is 0.382 e. The molecule has 19 heavy (non-hydrogen) atoms. The second-order valence-corrected chi connectivity index (χ2v) is 5.16. The fourth-order valence-electron chi connectivity index (χ4n) is 2.41. The van der Waals surface area contributed by atoms with Gasteiger partial charge < -0.3 is 5.32 Å². The number of rotatable bonds is 3. The molecular weight excluding hydrogens is 262 g/mol. The van der Waals surface area contributed by atoms with Gasteiger partial charge in [0.1, 0.15) is 5.02 Å². The zero-order valence-corrected chi connectivity index (χ0v) is 11.3. The van der Waals surface area contributed by atoms with Gasteiger partial charge in [-0.3, -0.25) is 4.79 Å². The first-order valence-corrected chi connectivity index (χ1v) is 6.58. The molecule has 0 radical (unpaired) electrons. The summed E-state index contributed by atoms with van der Waals surface area (Å²) in [5.74, 6) is 0.483. The normalized spacial score (nSPS) is 16.6. The Bertz CT molecular complexity index is 681. The summed E-state index contributed by atoms with van der Waals surface area (Å²) in [6, 6.07) is 8.41. The number of aryl methyl sites for hydroxylation is 1. The lowest BCUT2D eigenvalue weighted by Gasteiger charge is -2.30. The molecule has 0 bridgehead atoms. The number of hydrogen-bond acceptors (Lipinski definition) is 3. The van der Waals surface area contributed by atoms with Crippen LogP contribution in [-0.2, 0) is 13.5 Å². The maximum Gasteiger partial charge on any atom is 0.287 e. The van der Waals surface area contributed by atoms with Gasteiger partial charge in [0.15, 0.2) is 0 Å². The molecule has 0 spiro atoms. The Kier molecular flexibility index (Phi) is 3.03. The molecule has 2 aromatic rings. The van der Waals surface area contributed by atoms with Gasteiger partial charge in [-0.1, -0.05) is 35.9 Å². The number of aromatic nitrogens is 2. The van der Waals surface area contributed by atoms with Crippen molar-refractivity contribution in [1.29, 1.82) is 0 Å². The number of fused-ring (bicyclic) bond motifs is 1. The van der Waals surface area contributed by atoms with Gasteiger partial charge in [-0.25, -0.2) is 4.68 Å². The third-order valence-corrected chi connectivity index (χ3v) is 3.94. The summed E-state index contributed by atoms with van der Waals surface area (Å²) in [6.45, 7) is 0.769. The number of halogens is 1. The highest BCUT2D eigenvalue weighted by Crippen LogP contribution is 2.34. The van der Waals surface area contributed by atoms with Crippen molar-refractivity contribution >= 4 is 17.3 Å². The first-order valence-electron chi connectivity index (χ1n) is 6.20. The smallest absolute Gasteiger partial charge is 0.287 e. The van der Waals surface area contributed by atoms with E-state index in [1.807, 2.05) is 0 Å². The van der Waals surface area contributed by atoms with E-state index in [9.17, 15) is 4.79 Å². The molecule has 0 aliphatic heterocycles. The minimum atomic E-state index is -0.277. The van der Waals surface area contributed by atoms with E-state index in [-0.39, 0.29) is 10.6 Å². The first kappa shape index (κ1) is 12.2. The van der Waals surface area contributed by atoms with E-state index in [4.69, 9.17) is 11.6 Å². The molecule has 3 rings (SSSR count). The Morgan fingerprint density at radius 2 is 2.26 bits per heavy atom.